The monoisotopic (exact) mass is 650 g/mol. The molecule has 1 fully saturated rings. The van der Waals surface area contributed by atoms with Gasteiger partial charge in [0.2, 0.25) is 5.91 Å². The van der Waals surface area contributed by atoms with Gasteiger partial charge >= 0.3 is 0 Å². The van der Waals surface area contributed by atoms with E-state index < -0.39 is 6.04 Å². The van der Waals surface area contributed by atoms with Crippen LogP contribution in [-0.4, -0.2) is 35.4 Å². The largest absolute Gasteiger partial charge is 0.482 e. The van der Waals surface area contributed by atoms with Crippen LogP contribution in [0, 0.1) is 0 Å². The number of hydrogen-bond acceptors (Lipinski definition) is 3. The maximum Gasteiger partial charge on any atom is 0.261 e. The Kier molecular flexibility index (Phi) is 11.0. The molecule has 0 unspecified atom stereocenters. The molecule has 0 bridgehead atoms. The molecule has 5 nitrogen and oxygen atoms in total. The van der Waals surface area contributed by atoms with Crippen molar-refractivity contribution in [1.29, 1.82) is 0 Å². The van der Waals surface area contributed by atoms with Crippen molar-refractivity contribution in [3.8, 4) is 5.75 Å². The molecule has 0 radical (unpaired) electrons. The fourth-order valence-electron chi connectivity index (χ4n) is 4.77. The summed E-state index contributed by atoms with van der Waals surface area (Å²) < 4.78 is 6.62. The lowest BCUT2D eigenvalue weighted by Crippen LogP contribution is -2.53. The number of carbonyl (C=O) groups excluding carboxylic acids is 2. The van der Waals surface area contributed by atoms with E-state index in [4.69, 9.17) is 39.5 Å². The first kappa shape index (κ1) is 29.7. The molecule has 1 N–H and O–H groups in total. The maximum absolute atomic E-state index is 13.8. The smallest absolute Gasteiger partial charge is 0.261 e. The summed E-state index contributed by atoms with van der Waals surface area (Å²) in [6.45, 7) is -0.268. The van der Waals surface area contributed by atoms with E-state index in [-0.39, 0.29) is 31.0 Å². The predicted molar refractivity (Wildman–Crippen MR) is 161 cm³/mol. The lowest BCUT2D eigenvalue weighted by atomic mass is 9.94. The molecule has 0 spiro atoms. The van der Waals surface area contributed by atoms with Gasteiger partial charge in [0, 0.05) is 39.1 Å². The van der Waals surface area contributed by atoms with Crippen molar-refractivity contribution in [1.82, 2.24) is 10.2 Å². The molecule has 1 atom stereocenters. The number of nitrogens with one attached hydrogen (secondary N) is 1. The minimum Gasteiger partial charge on any atom is -0.482 e. The van der Waals surface area contributed by atoms with Gasteiger partial charge in [-0.1, -0.05) is 106 Å². The summed E-state index contributed by atoms with van der Waals surface area (Å²) in [7, 11) is 0. The van der Waals surface area contributed by atoms with E-state index >= 15 is 0 Å². The van der Waals surface area contributed by atoms with Crippen LogP contribution in [0.15, 0.2) is 71.2 Å². The molecule has 4 rings (SSSR count). The Hall–Kier alpha value is -2.25. The molecule has 0 aliphatic heterocycles. The van der Waals surface area contributed by atoms with Crippen LogP contribution in [-0.2, 0) is 22.6 Å². The maximum atomic E-state index is 13.8. The number of rotatable bonds is 10. The van der Waals surface area contributed by atoms with E-state index in [1.54, 1.807) is 36.4 Å². The second-order valence-electron chi connectivity index (χ2n) is 9.63. The SMILES string of the molecule is O=C(NC1CCCCC1)[C@@H](Cc1ccccc1)N(Cc1c(Cl)cccc1Cl)C(=O)COc1ccc(Br)cc1Cl. The fraction of sp³-hybridized carbons (Fsp3) is 0.333. The van der Waals surface area contributed by atoms with Crippen LogP contribution in [0.5, 0.6) is 5.75 Å². The molecule has 39 heavy (non-hydrogen) atoms. The second kappa shape index (κ2) is 14.4. The zero-order chi connectivity index (χ0) is 27.8. The second-order valence-corrected chi connectivity index (χ2v) is 11.8. The minimum absolute atomic E-state index is 0.0460. The van der Waals surface area contributed by atoms with Gasteiger partial charge in [-0.05, 0) is 48.7 Å². The summed E-state index contributed by atoms with van der Waals surface area (Å²) in [5.41, 5.74) is 1.50. The van der Waals surface area contributed by atoms with Gasteiger partial charge in [-0.2, -0.15) is 0 Å². The third kappa shape index (κ3) is 8.37. The van der Waals surface area contributed by atoms with Gasteiger partial charge in [0.25, 0.3) is 5.91 Å². The van der Waals surface area contributed by atoms with Gasteiger partial charge in [-0.15, -0.1) is 0 Å². The average molecular weight is 653 g/mol. The Labute approximate surface area is 252 Å². The quantitative estimate of drug-likeness (QED) is 0.243. The van der Waals surface area contributed by atoms with Crippen LogP contribution in [0.3, 0.4) is 0 Å². The van der Waals surface area contributed by atoms with Gasteiger partial charge in [0.05, 0.1) is 5.02 Å². The number of nitrogens with zero attached hydrogens (tertiary/aromatic N) is 1. The molecule has 0 saturated heterocycles. The topological polar surface area (TPSA) is 58.6 Å². The molecule has 1 aliphatic carbocycles. The lowest BCUT2D eigenvalue weighted by molar-refractivity contribution is -0.143. The highest BCUT2D eigenvalue weighted by molar-refractivity contribution is 9.10. The first-order chi connectivity index (χ1) is 18.8. The standard InChI is InChI=1S/C30H30BrCl3N2O3/c31-21-14-15-28(26(34)17-21)39-19-29(37)36(18-23-24(32)12-7-13-25(23)33)27(16-20-8-3-1-4-9-20)30(38)35-22-10-5-2-6-11-22/h1,3-4,7-9,12-15,17,22,27H,2,5-6,10-11,16,18-19H2,(H,35,38)/t27-/m1/s1. The van der Waals surface area contributed by atoms with E-state index in [1.807, 2.05) is 30.3 Å². The number of carbonyl (C=O) groups is 2. The van der Waals surface area contributed by atoms with Crippen LogP contribution >= 0.6 is 50.7 Å². The van der Waals surface area contributed by atoms with Crippen LogP contribution in [0.1, 0.15) is 43.2 Å². The van der Waals surface area contributed by atoms with Crippen LogP contribution in [0.2, 0.25) is 15.1 Å². The first-order valence-corrected chi connectivity index (χ1v) is 14.9. The Bertz CT molecular complexity index is 1270. The van der Waals surface area contributed by atoms with Crippen molar-refractivity contribution >= 4 is 62.5 Å². The predicted octanol–water partition coefficient (Wildman–Crippen LogP) is 7.88. The third-order valence-electron chi connectivity index (χ3n) is 6.86. The normalized spacial score (nSPS) is 14.5. The number of amides is 2. The summed E-state index contributed by atoms with van der Waals surface area (Å²) in [6, 6.07) is 19.3. The molecule has 0 heterocycles. The van der Waals surface area contributed by atoms with E-state index in [1.165, 1.54) is 11.3 Å². The molecule has 9 heteroatoms. The third-order valence-corrected chi connectivity index (χ3v) is 8.35. The zero-order valence-electron chi connectivity index (χ0n) is 21.3. The highest BCUT2D eigenvalue weighted by Gasteiger charge is 2.33. The van der Waals surface area contributed by atoms with E-state index in [2.05, 4.69) is 21.2 Å². The van der Waals surface area contributed by atoms with Crippen molar-refractivity contribution in [3.63, 3.8) is 0 Å². The zero-order valence-corrected chi connectivity index (χ0v) is 25.2. The van der Waals surface area contributed by atoms with Gasteiger partial charge in [0.1, 0.15) is 11.8 Å². The van der Waals surface area contributed by atoms with Gasteiger partial charge in [-0.3, -0.25) is 9.59 Å². The summed E-state index contributed by atoms with van der Waals surface area (Å²) >= 11 is 22.7. The number of halogens is 4. The number of ether oxygens (including phenoxy) is 1. The molecular formula is C30H30BrCl3N2O3. The number of hydrogen-bond donors (Lipinski definition) is 1. The van der Waals surface area contributed by atoms with Crippen molar-refractivity contribution in [2.75, 3.05) is 6.61 Å². The lowest BCUT2D eigenvalue weighted by Gasteiger charge is -2.33. The van der Waals surface area contributed by atoms with Crippen molar-refractivity contribution in [2.45, 2.75) is 57.2 Å². The Morgan fingerprint density at radius 1 is 0.923 bits per heavy atom. The molecule has 3 aromatic rings. The Morgan fingerprint density at radius 2 is 1.62 bits per heavy atom. The van der Waals surface area contributed by atoms with Crippen LogP contribution in [0.25, 0.3) is 0 Å². The molecule has 0 aromatic heterocycles. The van der Waals surface area contributed by atoms with E-state index in [9.17, 15) is 9.59 Å². The van der Waals surface area contributed by atoms with Gasteiger partial charge < -0.3 is 15.0 Å². The average Bonchev–Trinajstić information content (AvgIpc) is 2.92. The van der Waals surface area contributed by atoms with Gasteiger partial charge in [0.15, 0.2) is 6.61 Å². The highest BCUT2D eigenvalue weighted by Crippen LogP contribution is 2.30. The summed E-state index contributed by atoms with van der Waals surface area (Å²) in [4.78, 5) is 29.2. The fourth-order valence-corrected chi connectivity index (χ4v) is 6.01. The summed E-state index contributed by atoms with van der Waals surface area (Å²) in [5, 5.41) is 4.42. The van der Waals surface area contributed by atoms with Crippen molar-refractivity contribution < 1.29 is 14.3 Å². The van der Waals surface area contributed by atoms with Crippen LogP contribution < -0.4 is 10.1 Å². The molecule has 2 amide bonds. The van der Waals surface area contributed by atoms with Gasteiger partial charge in [-0.25, -0.2) is 0 Å². The Balaban J connectivity index is 1.65. The molecule has 1 saturated carbocycles. The van der Waals surface area contributed by atoms with E-state index in [0.717, 1.165) is 35.7 Å². The first-order valence-electron chi connectivity index (χ1n) is 13.0. The molecule has 3 aromatic carbocycles. The summed E-state index contributed by atoms with van der Waals surface area (Å²) in [5.74, 6) is -0.219. The summed E-state index contributed by atoms with van der Waals surface area (Å²) in [6.07, 6.45) is 5.51. The molecule has 1 aliphatic rings. The number of benzene rings is 3. The van der Waals surface area contributed by atoms with Crippen LogP contribution in [0.4, 0.5) is 0 Å². The van der Waals surface area contributed by atoms with Crippen molar-refractivity contribution in [2.24, 2.45) is 0 Å². The molecular weight excluding hydrogens is 623 g/mol. The molecule has 206 valence electrons. The Morgan fingerprint density at radius 3 is 2.28 bits per heavy atom. The highest BCUT2D eigenvalue weighted by atomic mass is 79.9. The van der Waals surface area contributed by atoms with Crippen molar-refractivity contribution in [3.05, 3.63) is 97.4 Å². The minimum atomic E-state index is -0.807. The van der Waals surface area contributed by atoms with E-state index in [0.29, 0.717) is 32.8 Å².